The molecule has 0 amide bonds. The Balaban J connectivity index is 1.68. The Morgan fingerprint density at radius 1 is 1.03 bits per heavy atom. The summed E-state index contributed by atoms with van der Waals surface area (Å²) in [5.74, 6) is 0.0348. The van der Waals surface area contributed by atoms with Crippen molar-refractivity contribution >= 4 is 50.3 Å². The lowest BCUT2D eigenvalue weighted by molar-refractivity contribution is 0.102. The van der Waals surface area contributed by atoms with E-state index in [0.717, 1.165) is 11.8 Å². The van der Waals surface area contributed by atoms with Crippen LogP contribution in [-0.4, -0.2) is 24.9 Å². The van der Waals surface area contributed by atoms with Gasteiger partial charge in [-0.1, -0.05) is 47.6 Å². The zero-order chi connectivity index (χ0) is 21.1. The molecule has 4 aromatic rings. The summed E-state index contributed by atoms with van der Waals surface area (Å²) in [7, 11) is -3.91. The molecule has 0 radical (unpaired) electrons. The molecule has 0 unspecified atom stereocenters. The average molecular weight is 476 g/mol. The van der Waals surface area contributed by atoms with E-state index in [0.29, 0.717) is 15.5 Å². The summed E-state index contributed by atoms with van der Waals surface area (Å²) < 4.78 is 32.1. The van der Waals surface area contributed by atoms with Crippen molar-refractivity contribution < 1.29 is 17.6 Å². The van der Waals surface area contributed by atoms with Crippen molar-refractivity contribution in [1.29, 1.82) is 0 Å². The number of thioether (sulfide) groups is 1. The van der Waals surface area contributed by atoms with Gasteiger partial charge >= 0.3 is 0 Å². The largest absolute Gasteiger partial charge is 0.428 e. The number of carbonyl (C=O) groups excluding carboxylic acids is 1. The van der Waals surface area contributed by atoms with Crippen LogP contribution in [0.15, 0.2) is 91.5 Å². The molecule has 30 heavy (non-hydrogen) atoms. The Morgan fingerprint density at radius 3 is 2.43 bits per heavy atom. The van der Waals surface area contributed by atoms with E-state index < -0.39 is 9.84 Å². The third-order valence-corrected chi connectivity index (χ3v) is 7.97. The van der Waals surface area contributed by atoms with E-state index in [-0.39, 0.29) is 32.4 Å². The molecule has 0 aliphatic rings. The minimum Gasteiger partial charge on any atom is -0.428 e. The van der Waals surface area contributed by atoms with Gasteiger partial charge in [0.25, 0.3) is 0 Å². The molecule has 0 saturated carbocycles. The van der Waals surface area contributed by atoms with Crippen LogP contribution in [-0.2, 0) is 9.84 Å². The van der Waals surface area contributed by atoms with Crippen LogP contribution < -0.4 is 0 Å². The van der Waals surface area contributed by atoms with E-state index in [1.165, 1.54) is 23.5 Å². The number of hydrogen-bond donors (Lipinski definition) is 0. The molecular weight excluding hydrogens is 462 g/mol. The van der Waals surface area contributed by atoms with E-state index in [1.807, 2.05) is 11.4 Å². The summed E-state index contributed by atoms with van der Waals surface area (Å²) in [5, 5.41) is 2.28. The standard InChI is InChI=1S/C21H14ClNO4S3/c22-15-10-8-14(9-11-15)17(24)13-29-21-20(23-19(27-21)18-7-4-12-28-18)30(25,26)16-5-2-1-3-6-16/h1-12H,13H2. The van der Waals surface area contributed by atoms with Crippen molar-refractivity contribution in [1.82, 2.24) is 4.98 Å². The van der Waals surface area contributed by atoms with Gasteiger partial charge in [-0.3, -0.25) is 4.79 Å². The van der Waals surface area contributed by atoms with Gasteiger partial charge in [0, 0.05) is 10.6 Å². The first-order valence-electron chi connectivity index (χ1n) is 8.71. The first kappa shape index (κ1) is 20.9. The van der Waals surface area contributed by atoms with Crippen LogP contribution in [0.5, 0.6) is 0 Å². The Hall–Kier alpha value is -2.39. The topological polar surface area (TPSA) is 77.2 Å². The number of aromatic nitrogens is 1. The molecule has 0 fully saturated rings. The Kier molecular flexibility index (Phi) is 6.10. The number of hydrogen-bond acceptors (Lipinski definition) is 7. The third-order valence-electron chi connectivity index (χ3n) is 4.11. The van der Waals surface area contributed by atoms with Crippen LogP contribution in [0.4, 0.5) is 0 Å². The number of nitrogens with zero attached hydrogens (tertiary/aromatic N) is 1. The number of Topliss-reactive ketones (excluding diaryl/α,β-unsaturated/α-hetero) is 1. The molecule has 2 aromatic heterocycles. The van der Waals surface area contributed by atoms with Gasteiger partial charge in [0.2, 0.25) is 25.8 Å². The number of oxazole rings is 1. The van der Waals surface area contributed by atoms with E-state index in [4.69, 9.17) is 16.0 Å². The van der Waals surface area contributed by atoms with Gasteiger partial charge in [-0.15, -0.1) is 11.3 Å². The number of thiophene rings is 1. The summed E-state index contributed by atoms with van der Waals surface area (Å²) in [6, 6.07) is 18.2. The van der Waals surface area contributed by atoms with E-state index in [9.17, 15) is 13.2 Å². The Bertz CT molecular complexity index is 1270. The number of rotatable bonds is 7. The fourth-order valence-corrected chi connectivity index (χ4v) is 5.84. The van der Waals surface area contributed by atoms with Gasteiger partial charge in [0.15, 0.2) is 5.78 Å². The minimum atomic E-state index is -3.91. The van der Waals surface area contributed by atoms with Crippen LogP contribution in [0.3, 0.4) is 0 Å². The lowest BCUT2D eigenvalue weighted by atomic mass is 10.1. The van der Waals surface area contributed by atoms with Crippen molar-refractivity contribution in [3.05, 3.63) is 82.7 Å². The van der Waals surface area contributed by atoms with Crippen molar-refractivity contribution in [3.63, 3.8) is 0 Å². The summed E-state index contributed by atoms with van der Waals surface area (Å²) in [6.07, 6.45) is 0. The second-order valence-electron chi connectivity index (χ2n) is 6.12. The van der Waals surface area contributed by atoms with E-state index in [2.05, 4.69) is 4.98 Å². The zero-order valence-corrected chi connectivity index (χ0v) is 18.5. The summed E-state index contributed by atoms with van der Waals surface area (Å²) in [6.45, 7) is 0. The quantitative estimate of drug-likeness (QED) is 0.246. The molecule has 4 rings (SSSR count). The molecule has 0 spiro atoms. The molecule has 5 nitrogen and oxygen atoms in total. The van der Waals surface area contributed by atoms with Crippen molar-refractivity contribution in [2.24, 2.45) is 0 Å². The van der Waals surface area contributed by atoms with Crippen molar-refractivity contribution in [2.45, 2.75) is 15.0 Å². The monoisotopic (exact) mass is 475 g/mol. The van der Waals surface area contributed by atoms with Crippen LogP contribution >= 0.6 is 34.7 Å². The molecule has 0 bridgehead atoms. The smallest absolute Gasteiger partial charge is 0.238 e. The van der Waals surface area contributed by atoms with Gasteiger partial charge < -0.3 is 4.42 Å². The molecule has 0 atom stereocenters. The maximum absolute atomic E-state index is 13.2. The van der Waals surface area contributed by atoms with Crippen LogP contribution in [0.25, 0.3) is 10.8 Å². The fourth-order valence-electron chi connectivity index (χ4n) is 2.62. The van der Waals surface area contributed by atoms with Crippen LogP contribution in [0.1, 0.15) is 10.4 Å². The molecular formula is C21H14ClNO4S3. The lowest BCUT2D eigenvalue weighted by Crippen LogP contribution is -2.05. The molecule has 0 saturated heterocycles. The number of sulfone groups is 1. The number of ketones is 1. The second kappa shape index (κ2) is 8.77. The average Bonchev–Trinajstić information content (AvgIpc) is 3.43. The highest BCUT2D eigenvalue weighted by atomic mass is 35.5. The van der Waals surface area contributed by atoms with Gasteiger partial charge in [-0.05, 0) is 47.8 Å². The van der Waals surface area contributed by atoms with Crippen LogP contribution in [0.2, 0.25) is 5.02 Å². The zero-order valence-electron chi connectivity index (χ0n) is 15.3. The van der Waals surface area contributed by atoms with Crippen molar-refractivity contribution in [3.8, 4) is 10.8 Å². The maximum Gasteiger partial charge on any atom is 0.238 e. The van der Waals surface area contributed by atoms with Crippen LogP contribution in [0, 0.1) is 0 Å². The number of halogens is 1. The predicted molar refractivity (Wildman–Crippen MR) is 118 cm³/mol. The first-order valence-corrected chi connectivity index (χ1v) is 12.4. The predicted octanol–water partition coefficient (Wildman–Crippen LogP) is 5.86. The van der Waals surface area contributed by atoms with Gasteiger partial charge in [-0.2, -0.15) is 4.98 Å². The van der Waals surface area contributed by atoms with Gasteiger partial charge in [-0.25, -0.2) is 8.42 Å². The highest BCUT2D eigenvalue weighted by Gasteiger charge is 2.29. The number of carbonyl (C=O) groups is 1. The minimum absolute atomic E-state index is 0.00197. The van der Waals surface area contributed by atoms with Gasteiger partial charge in [0.1, 0.15) is 0 Å². The molecule has 0 N–H and O–H groups in total. The third kappa shape index (κ3) is 4.37. The molecule has 2 aromatic carbocycles. The molecule has 0 aliphatic heterocycles. The highest BCUT2D eigenvalue weighted by molar-refractivity contribution is 8.00. The number of benzene rings is 2. The van der Waals surface area contributed by atoms with E-state index in [1.54, 1.807) is 48.5 Å². The summed E-state index contributed by atoms with van der Waals surface area (Å²) >= 11 is 8.26. The Morgan fingerprint density at radius 2 is 1.77 bits per heavy atom. The maximum atomic E-state index is 13.2. The van der Waals surface area contributed by atoms with Crippen molar-refractivity contribution in [2.75, 3.05) is 5.75 Å². The fraction of sp³-hybridized carbons (Fsp3) is 0.0476. The molecule has 0 aliphatic carbocycles. The Labute approximate surface area is 186 Å². The first-order chi connectivity index (χ1) is 14.4. The summed E-state index contributed by atoms with van der Waals surface area (Å²) in [5.41, 5.74) is 0.484. The molecule has 9 heteroatoms. The SMILES string of the molecule is O=C(CSc1oc(-c2cccs2)nc1S(=O)(=O)c1ccccc1)c1ccc(Cl)cc1. The molecule has 2 heterocycles. The van der Waals surface area contributed by atoms with E-state index >= 15 is 0 Å². The molecule has 152 valence electrons. The highest BCUT2D eigenvalue weighted by Crippen LogP contribution is 2.36. The van der Waals surface area contributed by atoms with Gasteiger partial charge in [0.05, 0.1) is 15.5 Å². The summed E-state index contributed by atoms with van der Waals surface area (Å²) in [4.78, 5) is 17.6. The second-order valence-corrected chi connectivity index (χ2v) is 10.3. The lowest BCUT2D eigenvalue weighted by Gasteiger charge is -2.03. The normalized spacial score (nSPS) is 11.5.